The predicted octanol–water partition coefficient (Wildman–Crippen LogP) is 17.4. The van der Waals surface area contributed by atoms with Crippen molar-refractivity contribution >= 4 is 35.9 Å². The van der Waals surface area contributed by atoms with Crippen molar-refractivity contribution < 1.29 is 92.9 Å². The van der Waals surface area contributed by atoms with E-state index in [2.05, 4.69) is 24.3 Å². The smallest absolute Gasteiger partial charge is 0.300 e. The van der Waals surface area contributed by atoms with Crippen molar-refractivity contribution in [2.45, 2.75) is 134 Å². The number of carbonyl (C=O) groups is 1. The molecule has 0 aliphatic heterocycles. The first-order valence-electron chi connectivity index (χ1n) is 31.0. The molecule has 0 heterocycles. The zero-order chi connectivity index (χ0) is 68.4. The lowest BCUT2D eigenvalue weighted by Crippen LogP contribution is -2.39. The second kappa shape index (κ2) is 26.4. The number of benzene rings is 8. The lowest BCUT2D eigenvalue weighted by Gasteiger charge is -2.49. The van der Waals surface area contributed by atoms with Gasteiger partial charge < -0.3 is 18.9 Å². The average Bonchev–Trinajstić information content (AvgIpc) is 0.751. The van der Waals surface area contributed by atoms with Gasteiger partial charge in [0, 0.05) is 29.4 Å². The Morgan fingerprint density at radius 1 is 0.521 bits per heavy atom. The number of hydrogen-bond donors (Lipinski definition) is 1. The van der Waals surface area contributed by atoms with Crippen LogP contribution in [0.1, 0.15) is 144 Å². The van der Waals surface area contributed by atoms with Crippen molar-refractivity contribution in [1.82, 2.24) is 0 Å². The third-order valence-corrected chi connectivity index (χ3v) is 23.4. The minimum absolute atomic E-state index is 0.0120. The number of rotatable bonds is 20. The molecule has 4 fully saturated rings. The molecule has 6 atom stereocenters. The van der Waals surface area contributed by atoms with E-state index in [1.165, 1.54) is 60.9 Å². The van der Waals surface area contributed by atoms with E-state index in [0.717, 1.165) is 93.2 Å². The van der Waals surface area contributed by atoms with E-state index in [1.54, 1.807) is 43.5 Å². The van der Waals surface area contributed by atoms with Crippen LogP contribution in [0.2, 0.25) is 0 Å². The summed E-state index contributed by atoms with van der Waals surface area (Å²) in [5.41, 5.74) is 3.50. The van der Waals surface area contributed by atoms with E-state index in [0.29, 0.717) is 37.5 Å². The minimum Gasteiger partial charge on any atom is -0.457 e. The summed E-state index contributed by atoms with van der Waals surface area (Å²) >= 11 is 0. The van der Waals surface area contributed by atoms with Gasteiger partial charge in [-0.05, 0) is 193 Å². The number of methoxy groups -OCH3 is 1. The molecule has 0 aromatic heterocycles. The van der Waals surface area contributed by atoms with Gasteiger partial charge in [0.1, 0.15) is 49.2 Å². The Labute approximate surface area is 550 Å². The molecule has 8 aromatic carbocycles. The van der Waals surface area contributed by atoms with Crippen molar-refractivity contribution in [1.29, 1.82) is 0 Å². The van der Waals surface area contributed by atoms with Crippen LogP contribution in [0.25, 0.3) is 0 Å². The van der Waals surface area contributed by atoms with Crippen molar-refractivity contribution in [2.24, 2.45) is 11.8 Å². The number of ketones is 1. The molecule has 96 heavy (non-hydrogen) atoms. The van der Waals surface area contributed by atoms with Crippen molar-refractivity contribution in [3.05, 3.63) is 230 Å². The topological polar surface area (TPSA) is 186 Å². The van der Waals surface area contributed by atoms with Crippen LogP contribution in [0.4, 0.5) is 35.1 Å². The number of halogens is 8. The van der Waals surface area contributed by atoms with E-state index in [4.69, 9.17) is 23.1 Å². The summed E-state index contributed by atoms with van der Waals surface area (Å²) in [7, 11) is -12.9. The van der Waals surface area contributed by atoms with Gasteiger partial charge in [-0.15, -0.1) is 0 Å². The minimum atomic E-state index is -6.34. The summed E-state index contributed by atoms with van der Waals surface area (Å²) in [6.07, 6.45) is 11.5. The maximum absolute atomic E-state index is 15.5. The van der Waals surface area contributed by atoms with Crippen LogP contribution in [0.5, 0.6) is 34.5 Å². The molecule has 504 valence electrons. The van der Waals surface area contributed by atoms with Crippen molar-refractivity contribution in [3.63, 3.8) is 0 Å². The van der Waals surface area contributed by atoms with E-state index in [-0.39, 0.29) is 62.4 Å². The summed E-state index contributed by atoms with van der Waals surface area (Å²) in [4.78, 5) is 8.77. The Hall–Kier alpha value is -8.00. The van der Waals surface area contributed by atoms with Crippen LogP contribution in [0.3, 0.4) is 0 Å². The largest absolute Gasteiger partial charge is 0.457 e. The van der Waals surface area contributed by atoms with Gasteiger partial charge in [-0.1, -0.05) is 86.3 Å². The fourth-order valence-corrected chi connectivity index (χ4v) is 18.1. The average molecular weight is 1390 g/mol. The van der Waals surface area contributed by atoms with Crippen LogP contribution >= 0.6 is 0 Å². The molecule has 4 aliphatic rings. The molecule has 0 spiro atoms. The van der Waals surface area contributed by atoms with E-state index in [9.17, 15) is 52.2 Å². The first kappa shape index (κ1) is 68.0. The highest BCUT2D eigenvalue weighted by Gasteiger charge is 2.47. The Morgan fingerprint density at radius 3 is 1.44 bits per heavy atom. The monoisotopic (exact) mass is 1380 g/mol. The van der Waals surface area contributed by atoms with Gasteiger partial charge in [0.25, 0.3) is 20.2 Å². The molecule has 1 N–H and O–H groups in total. The Balaban J connectivity index is 0.730. The van der Waals surface area contributed by atoms with Gasteiger partial charge in [0.05, 0.1) is 13.7 Å². The van der Waals surface area contributed by atoms with E-state index in [1.807, 2.05) is 24.3 Å². The SMILES string of the molecule is COCc1ccc(C23CCCC(CC(c4ccc(Oc5ccc(C(=O)c6ccc(Oc7ccc(C89CCCC(CC(c%10ccc(Oc%11c(F)c(F)c(S(=O)(=O)c%12c(F)c(F)c(C)c(F)c%12F)c(F)c%11F)cc%10)C8)C9)cc7)c(CS(=O)(=O)O)c6)cc5S(=O)(=O)OC)cc4)C2)C3)cc1. The molecular weight excluding hydrogens is 1320 g/mol. The molecule has 4 saturated carbocycles. The highest BCUT2D eigenvalue weighted by Crippen LogP contribution is 2.57. The third-order valence-electron chi connectivity index (χ3n) is 19.6. The molecule has 0 radical (unpaired) electrons. The zero-order valence-corrected chi connectivity index (χ0v) is 54.5. The third kappa shape index (κ3) is 13.2. The molecule has 4 bridgehead atoms. The van der Waals surface area contributed by atoms with Crippen LogP contribution in [-0.2, 0) is 62.2 Å². The Bertz CT molecular complexity index is 4650. The molecule has 4 aliphatic carbocycles. The normalized spacial score (nSPS) is 21.2. The second-order valence-electron chi connectivity index (χ2n) is 25.6. The van der Waals surface area contributed by atoms with Gasteiger partial charge >= 0.3 is 0 Å². The quantitative estimate of drug-likeness (QED) is 0.0250. The molecule has 8 aromatic rings. The predicted molar refractivity (Wildman–Crippen MR) is 336 cm³/mol. The number of fused-ring (bicyclic) bond motifs is 4. The summed E-state index contributed by atoms with van der Waals surface area (Å²) < 4.78 is 236. The lowest BCUT2D eigenvalue weighted by atomic mass is 9.55. The molecule has 24 heteroatoms. The molecular formula is C72H64F8O13S3. The summed E-state index contributed by atoms with van der Waals surface area (Å²) in [5, 5.41) is 0. The van der Waals surface area contributed by atoms with Gasteiger partial charge in [0.15, 0.2) is 40.7 Å². The molecule has 0 saturated heterocycles. The standard InChI is InChI=1S/C72H64F8O13S3/c1-40-59(73)63(77)69(64(78)60(40)74)95(85,86)70-65(79)61(75)68(62(76)66(70)80)93-55-22-12-45(13-23-55)49-31-43-7-5-29-72(35-43,37-49)52-18-24-54(25-19-52)91-56-26-14-46(32-50(56)39-94(82,83)84)67(81)47-15-27-57(58(33-47)96(87,88)90-3)92-53-20-10-44(11-21-53)48-30-42-6-4-28-71(34-42,36-48)51-16-8-41(9-17-51)38-89-2/h8-27,32-33,42-43,48-49H,4-7,28-31,34-39H2,1-3H3,(H,82,83,84). The lowest BCUT2D eigenvalue weighted by molar-refractivity contribution is 0.103. The molecule has 6 unspecified atom stereocenters. The van der Waals surface area contributed by atoms with Gasteiger partial charge in [0.2, 0.25) is 27.2 Å². The Morgan fingerprint density at radius 2 is 0.958 bits per heavy atom. The second-order valence-corrected chi connectivity index (χ2v) is 30.6. The van der Waals surface area contributed by atoms with Crippen LogP contribution < -0.4 is 14.2 Å². The van der Waals surface area contributed by atoms with E-state index >= 15 is 17.6 Å². The number of ether oxygens (including phenoxy) is 4. The summed E-state index contributed by atoms with van der Waals surface area (Å²) in [6.45, 7) is 1.10. The van der Waals surface area contributed by atoms with E-state index < -0.39 is 114 Å². The Kier molecular flexibility index (Phi) is 18.7. The highest BCUT2D eigenvalue weighted by molar-refractivity contribution is 7.91. The fraction of sp³-hybridized carbons (Fsp3) is 0.319. The first-order valence-corrected chi connectivity index (χ1v) is 35.5. The maximum Gasteiger partial charge on any atom is 0.300 e. The summed E-state index contributed by atoms with van der Waals surface area (Å²) in [5.74, 6) is -22.0. The first-order chi connectivity index (χ1) is 45.6. The fourth-order valence-electron chi connectivity index (χ4n) is 15.2. The molecule has 0 amide bonds. The number of carbonyl (C=O) groups excluding carboxylic acids is 1. The van der Waals surface area contributed by atoms with Gasteiger partial charge in [-0.2, -0.15) is 25.6 Å². The van der Waals surface area contributed by atoms with Crippen molar-refractivity contribution in [2.75, 3.05) is 14.2 Å². The molecule has 13 nitrogen and oxygen atoms in total. The number of hydrogen-bond acceptors (Lipinski definition) is 12. The van der Waals surface area contributed by atoms with Crippen LogP contribution in [0, 0.1) is 65.3 Å². The zero-order valence-electron chi connectivity index (χ0n) is 52.0. The van der Waals surface area contributed by atoms with Crippen LogP contribution in [0.15, 0.2) is 148 Å². The van der Waals surface area contributed by atoms with Crippen molar-refractivity contribution in [3.8, 4) is 34.5 Å². The van der Waals surface area contributed by atoms with Gasteiger partial charge in [-0.25, -0.2) is 34.8 Å². The number of sulfone groups is 1. The highest BCUT2D eigenvalue weighted by atomic mass is 32.2. The summed E-state index contributed by atoms with van der Waals surface area (Å²) in [6, 6.07) is 37.0. The molecule has 12 rings (SSSR count). The van der Waals surface area contributed by atoms with Gasteiger partial charge in [-0.3, -0.25) is 13.5 Å². The maximum atomic E-state index is 15.5. The van der Waals surface area contributed by atoms with Crippen LogP contribution in [-0.4, -0.2) is 49.8 Å².